The van der Waals surface area contributed by atoms with E-state index in [1.165, 1.54) is 0 Å². The molecule has 0 aliphatic carbocycles. The van der Waals surface area contributed by atoms with E-state index >= 15 is 0 Å². The molecule has 2 aliphatic heterocycles. The van der Waals surface area contributed by atoms with Gasteiger partial charge in [0.2, 0.25) is 5.95 Å². The Morgan fingerprint density at radius 2 is 1.71 bits per heavy atom. The van der Waals surface area contributed by atoms with Gasteiger partial charge in [-0.3, -0.25) is 4.79 Å². The Hall–Kier alpha value is -1.73. The van der Waals surface area contributed by atoms with Gasteiger partial charge in [-0.2, -0.15) is 0 Å². The zero-order valence-electron chi connectivity index (χ0n) is 15.0. The molecule has 0 spiro atoms. The fraction of sp³-hybridized carbons (Fsp3) is 0.706. The Bertz CT molecular complexity index is 576. The molecule has 0 N–H and O–H groups in total. The molecule has 132 valence electrons. The molecule has 7 nitrogen and oxygen atoms in total. The predicted molar refractivity (Wildman–Crippen MR) is 94.5 cm³/mol. The smallest absolute Gasteiger partial charge is 0.272 e. The van der Waals surface area contributed by atoms with Gasteiger partial charge >= 0.3 is 0 Å². The minimum absolute atomic E-state index is 0.0297. The second-order valence-electron chi connectivity index (χ2n) is 6.71. The Balaban J connectivity index is 1.73. The maximum Gasteiger partial charge on any atom is 0.272 e. The quantitative estimate of drug-likeness (QED) is 0.794. The average molecular weight is 332 g/mol. The molecule has 0 unspecified atom stereocenters. The van der Waals surface area contributed by atoms with Gasteiger partial charge in [0.25, 0.3) is 5.91 Å². The van der Waals surface area contributed by atoms with Crippen LogP contribution in [0.1, 0.15) is 23.1 Å². The molecular weight excluding hydrogens is 304 g/mol. The summed E-state index contributed by atoms with van der Waals surface area (Å²) in [6.07, 6.45) is 0. The first-order valence-electron chi connectivity index (χ1n) is 8.87. The van der Waals surface area contributed by atoms with Crippen LogP contribution in [0.15, 0.2) is 6.07 Å². The SMILES string of the molecule is CCN1CCN(c2nc(C)cc(C(=O)N3CCN(C)CC3)n2)CC1. The summed E-state index contributed by atoms with van der Waals surface area (Å²) in [6.45, 7) is 12.5. The van der Waals surface area contributed by atoms with Crippen LogP contribution in [0.5, 0.6) is 0 Å². The number of hydrogen-bond donors (Lipinski definition) is 0. The van der Waals surface area contributed by atoms with Crippen molar-refractivity contribution >= 4 is 11.9 Å². The van der Waals surface area contributed by atoms with Gasteiger partial charge in [0.15, 0.2) is 0 Å². The summed E-state index contributed by atoms with van der Waals surface area (Å²) < 4.78 is 0. The standard InChI is InChI=1S/C17H28N6O/c1-4-21-7-11-23(12-8-21)17-18-14(2)13-15(19-17)16(24)22-9-5-20(3)6-10-22/h13H,4-12H2,1-3H3. The van der Waals surface area contributed by atoms with Gasteiger partial charge in [0.1, 0.15) is 5.69 Å². The number of aryl methyl sites for hydroxylation is 1. The minimum atomic E-state index is 0.0297. The van der Waals surface area contributed by atoms with Crippen LogP contribution in [0.4, 0.5) is 5.95 Å². The highest BCUT2D eigenvalue weighted by atomic mass is 16.2. The van der Waals surface area contributed by atoms with Crippen molar-refractivity contribution in [1.82, 2.24) is 24.7 Å². The maximum atomic E-state index is 12.8. The third-order valence-electron chi connectivity index (χ3n) is 4.95. The van der Waals surface area contributed by atoms with Crippen LogP contribution in [0.25, 0.3) is 0 Å². The third kappa shape index (κ3) is 3.84. The van der Waals surface area contributed by atoms with Crippen LogP contribution in [-0.4, -0.2) is 96.5 Å². The van der Waals surface area contributed by atoms with Crippen molar-refractivity contribution in [2.75, 3.05) is 70.9 Å². The molecule has 2 saturated heterocycles. The molecule has 24 heavy (non-hydrogen) atoms. The molecule has 0 aromatic carbocycles. The van der Waals surface area contributed by atoms with Crippen LogP contribution in [0, 0.1) is 6.92 Å². The first-order valence-corrected chi connectivity index (χ1v) is 8.87. The number of nitrogens with zero attached hydrogens (tertiary/aromatic N) is 6. The number of rotatable bonds is 3. The van der Waals surface area contributed by atoms with E-state index in [0.717, 1.165) is 64.6 Å². The summed E-state index contributed by atoms with van der Waals surface area (Å²) in [5.41, 5.74) is 1.38. The molecule has 0 radical (unpaired) electrons. The summed E-state index contributed by atoms with van der Waals surface area (Å²) >= 11 is 0. The normalized spacial score (nSPS) is 20.5. The number of aromatic nitrogens is 2. The fourth-order valence-electron chi connectivity index (χ4n) is 3.24. The predicted octanol–water partition coefficient (Wildman–Crippen LogP) is 0.315. The monoisotopic (exact) mass is 332 g/mol. The number of likely N-dealkylation sites (N-methyl/N-ethyl adjacent to an activating group) is 2. The molecule has 0 saturated carbocycles. The van der Waals surface area contributed by atoms with Gasteiger partial charge in [-0.1, -0.05) is 6.92 Å². The molecule has 0 atom stereocenters. The van der Waals surface area contributed by atoms with Gasteiger partial charge in [-0.25, -0.2) is 9.97 Å². The zero-order valence-corrected chi connectivity index (χ0v) is 15.0. The molecule has 0 bridgehead atoms. The zero-order chi connectivity index (χ0) is 17.1. The molecule has 1 aromatic rings. The van der Waals surface area contributed by atoms with Gasteiger partial charge < -0.3 is 19.6 Å². The lowest BCUT2D eigenvalue weighted by Crippen LogP contribution is -2.48. The molecule has 3 rings (SSSR count). The summed E-state index contributed by atoms with van der Waals surface area (Å²) in [5, 5.41) is 0. The van der Waals surface area contributed by atoms with E-state index in [1.54, 1.807) is 0 Å². The molecule has 1 aromatic heterocycles. The van der Waals surface area contributed by atoms with Gasteiger partial charge in [-0.05, 0) is 26.6 Å². The Kier molecular flexibility index (Phi) is 5.30. The number of amides is 1. The number of anilines is 1. The van der Waals surface area contributed by atoms with E-state index in [9.17, 15) is 4.79 Å². The summed E-state index contributed by atoms with van der Waals surface area (Å²) in [5.74, 6) is 0.727. The topological polar surface area (TPSA) is 55.8 Å². The maximum absolute atomic E-state index is 12.8. The number of hydrogen-bond acceptors (Lipinski definition) is 6. The van der Waals surface area contributed by atoms with E-state index in [4.69, 9.17) is 0 Å². The summed E-state index contributed by atoms with van der Waals surface area (Å²) in [7, 11) is 2.09. The minimum Gasteiger partial charge on any atom is -0.338 e. The van der Waals surface area contributed by atoms with E-state index in [1.807, 2.05) is 17.9 Å². The average Bonchev–Trinajstić information content (AvgIpc) is 2.61. The van der Waals surface area contributed by atoms with Crippen LogP contribution in [0.2, 0.25) is 0 Å². The van der Waals surface area contributed by atoms with Gasteiger partial charge in [-0.15, -0.1) is 0 Å². The lowest BCUT2D eigenvalue weighted by Gasteiger charge is -2.34. The van der Waals surface area contributed by atoms with Crippen molar-refractivity contribution < 1.29 is 4.79 Å². The number of carbonyl (C=O) groups excluding carboxylic acids is 1. The lowest BCUT2D eigenvalue weighted by atomic mass is 10.2. The molecular formula is C17H28N6O. The highest BCUT2D eigenvalue weighted by Crippen LogP contribution is 2.15. The van der Waals surface area contributed by atoms with E-state index in [-0.39, 0.29) is 5.91 Å². The second kappa shape index (κ2) is 7.44. The summed E-state index contributed by atoms with van der Waals surface area (Å²) in [6, 6.07) is 1.81. The molecule has 1 amide bonds. The largest absolute Gasteiger partial charge is 0.338 e. The van der Waals surface area contributed by atoms with Crippen LogP contribution in [0.3, 0.4) is 0 Å². The molecule has 2 aliphatic rings. The van der Waals surface area contributed by atoms with Crippen molar-refractivity contribution in [2.24, 2.45) is 0 Å². The van der Waals surface area contributed by atoms with Crippen molar-refractivity contribution in [1.29, 1.82) is 0 Å². The lowest BCUT2D eigenvalue weighted by molar-refractivity contribution is 0.0658. The van der Waals surface area contributed by atoms with Crippen molar-refractivity contribution in [2.45, 2.75) is 13.8 Å². The molecule has 7 heteroatoms. The first kappa shape index (κ1) is 17.1. The molecule has 2 fully saturated rings. The van der Waals surface area contributed by atoms with Crippen LogP contribution >= 0.6 is 0 Å². The third-order valence-corrected chi connectivity index (χ3v) is 4.95. The Morgan fingerprint density at radius 1 is 1.04 bits per heavy atom. The van der Waals surface area contributed by atoms with Crippen LogP contribution < -0.4 is 4.90 Å². The van der Waals surface area contributed by atoms with Crippen LogP contribution in [-0.2, 0) is 0 Å². The fourth-order valence-corrected chi connectivity index (χ4v) is 3.24. The molecule has 3 heterocycles. The van der Waals surface area contributed by atoms with Crippen molar-refractivity contribution in [3.05, 3.63) is 17.5 Å². The Labute approximate surface area is 144 Å². The number of carbonyl (C=O) groups is 1. The highest BCUT2D eigenvalue weighted by Gasteiger charge is 2.24. The highest BCUT2D eigenvalue weighted by molar-refractivity contribution is 5.92. The van der Waals surface area contributed by atoms with Gasteiger partial charge in [0, 0.05) is 58.1 Å². The van der Waals surface area contributed by atoms with Crippen molar-refractivity contribution in [3.63, 3.8) is 0 Å². The Morgan fingerprint density at radius 3 is 2.33 bits per heavy atom. The second-order valence-corrected chi connectivity index (χ2v) is 6.71. The van der Waals surface area contributed by atoms with E-state index in [0.29, 0.717) is 11.6 Å². The number of piperazine rings is 2. The first-order chi connectivity index (χ1) is 11.6. The van der Waals surface area contributed by atoms with E-state index < -0.39 is 0 Å². The van der Waals surface area contributed by atoms with Gasteiger partial charge in [0.05, 0.1) is 0 Å². The van der Waals surface area contributed by atoms with Crippen molar-refractivity contribution in [3.8, 4) is 0 Å². The summed E-state index contributed by atoms with van der Waals surface area (Å²) in [4.78, 5) is 30.7. The van der Waals surface area contributed by atoms with E-state index in [2.05, 4.69) is 38.6 Å².